The van der Waals surface area contributed by atoms with Crippen molar-refractivity contribution in [2.24, 2.45) is 0 Å². The molecule has 0 spiro atoms. The van der Waals surface area contributed by atoms with Gasteiger partial charge in [-0.25, -0.2) is 0 Å². The van der Waals surface area contributed by atoms with Gasteiger partial charge in [-0.3, -0.25) is 15.0 Å². The van der Waals surface area contributed by atoms with Crippen molar-refractivity contribution in [1.82, 2.24) is 10.2 Å². The summed E-state index contributed by atoms with van der Waals surface area (Å²) in [6.07, 6.45) is 0. The fraction of sp³-hybridized carbons (Fsp3) is 0.600. The van der Waals surface area contributed by atoms with Crippen molar-refractivity contribution in [3.8, 4) is 0 Å². The predicted octanol–water partition coefficient (Wildman–Crippen LogP) is 3.46. The maximum atomic E-state index is 10.8. The van der Waals surface area contributed by atoms with Crippen LogP contribution in [0, 0.1) is 10.1 Å². The van der Waals surface area contributed by atoms with Gasteiger partial charge in [-0.15, -0.1) is 0 Å². The molecule has 1 rings (SSSR count). The molecule has 0 bridgehead atoms. The first kappa shape index (κ1) is 17.9. The highest BCUT2D eigenvalue weighted by Gasteiger charge is 2.13. The van der Waals surface area contributed by atoms with E-state index in [0.717, 1.165) is 18.7 Å². The van der Waals surface area contributed by atoms with Crippen molar-refractivity contribution in [2.75, 3.05) is 13.1 Å². The van der Waals surface area contributed by atoms with E-state index in [9.17, 15) is 10.1 Å². The van der Waals surface area contributed by atoms with Gasteiger partial charge >= 0.3 is 0 Å². The zero-order valence-electron chi connectivity index (χ0n) is 13.1. The Balaban J connectivity index is 2.52. The third-order valence-electron chi connectivity index (χ3n) is 3.43. The molecule has 0 aliphatic carbocycles. The number of nitro groups is 1. The van der Waals surface area contributed by atoms with E-state index in [-0.39, 0.29) is 5.69 Å². The molecule has 6 heteroatoms. The Labute approximate surface area is 131 Å². The zero-order valence-corrected chi connectivity index (χ0v) is 13.9. The monoisotopic (exact) mass is 313 g/mol. The Bertz CT molecular complexity index is 470. The van der Waals surface area contributed by atoms with Crippen molar-refractivity contribution >= 4 is 17.3 Å². The molecule has 0 radical (unpaired) electrons. The minimum Gasteiger partial charge on any atom is -0.311 e. The van der Waals surface area contributed by atoms with E-state index in [0.29, 0.717) is 23.7 Å². The molecular formula is C15H24ClN3O2. The van der Waals surface area contributed by atoms with Crippen LogP contribution in [0.3, 0.4) is 0 Å². The minimum atomic E-state index is -0.404. The molecule has 0 unspecified atom stereocenters. The summed E-state index contributed by atoms with van der Waals surface area (Å²) in [7, 11) is 0. The molecule has 0 fully saturated rings. The van der Waals surface area contributed by atoms with Crippen molar-refractivity contribution in [3.63, 3.8) is 0 Å². The standard InChI is InChI=1S/C15H24ClN3O2/c1-11(2)18(12(3)4)8-7-17-10-13-9-14(19(20)21)5-6-15(13)16/h5-6,9,11-12,17H,7-8,10H2,1-4H3. The van der Waals surface area contributed by atoms with Crippen molar-refractivity contribution in [2.45, 2.75) is 46.3 Å². The quantitative estimate of drug-likeness (QED) is 0.453. The Morgan fingerprint density at radius 2 is 1.90 bits per heavy atom. The van der Waals surface area contributed by atoms with Crippen LogP contribution in [-0.2, 0) is 6.54 Å². The predicted molar refractivity (Wildman–Crippen MR) is 86.8 cm³/mol. The molecule has 0 aliphatic rings. The molecule has 0 atom stereocenters. The summed E-state index contributed by atoms with van der Waals surface area (Å²) in [5.74, 6) is 0. The molecule has 5 nitrogen and oxygen atoms in total. The third-order valence-corrected chi connectivity index (χ3v) is 3.80. The number of rotatable bonds is 8. The van der Waals surface area contributed by atoms with Gasteiger partial charge in [-0.1, -0.05) is 11.6 Å². The zero-order chi connectivity index (χ0) is 16.0. The molecule has 118 valence electrons. The lowest BCUT2D eigenvalue weighted by molar-refractivity contribution is -0.384. The van der Waals surface area contributed by atoms with Crippen molar-refractivity contribution in [1.29, 1.82) is 0 Å². The molecule has 0 aliphatic heterocycles. The first-order valence-electron chi connectivity index (χ1n) is 7.22. The van der Waals surface area contributed by atoms with Crippen LogP contribution in [0.4, 0.5) is 5.69 Å². The summed E-state index contributed by atoms with van der Waals surface area (Å²) in [5, 5.41) is 14.6. The summed E-state index contributed by atoms with van der Waals surface area (Å²) in [6, 6.07) is 5.51. The highest BCUT2D eigenvalue weighted by atomic mass is 35.5. The van der Waals surface area contributed by atoms with E-state index in [1.54, 1.807) is 6.07 Å². The van der Waals surface area contributed by atoms with E-state index in [1.165, 1.54) is 12.1 Å². The lowest BCUT2D eigenvalue weighted by Crippen LogP contribution is -2.41. The minimum absolute atomic E-state index is 0.0715. The van der Waals surface area contributed by atoms with Gasteiger partial charge < -0.3 is 5.32 Å². The van der Waals surface area contributed by atoms with Crippen molar-refractivity contribution in [3.05, 3.63) is 38.9 Å². The van der Waals surface area contributed by atoms with E-state index < -0.39 is 4.92 Å². The Morgan fingerprint density at radius 1 is 1.29 bits per heavy atom. The van der Waals surface area contributed by atoms with Crippen LogP contribution in [-0.4, -0.2) is 35.0 Å². The number of halogens is 1. The van der Waals surface area contributed by atoms with E-state index in [1.807, 2.05) is 0 Å². The second-order valence-electron chi connectivity index (χ2n) is 5.63. The summed E-state index contributed by atoms with van der Waals surface area (Å²) in [6.45, 7) is 11.0. The third kappa shape index (κ3) is 5.61. The molecule has 0 amide bonds. The normalized spacial score (nSPS) is 11.6. The molecular weight excluding hydrogens is 290 g/mol. The second kappa shape index (κ2) is 8.32. The molecule has 0 saturated carbocycles. The SMILES string of the molecule is CC(C)N(CCNCc1cc([N+](=O)[O-])ccc1Cl)C(C)C. The van der Waals surface area contributed by atoms with Gasteiger partial charge in [0.25, 0.3) is 5.69 Å². The van der Waals surface area contributed by atoms with Crippen LogP contribution in [0.2, 0.25) is 5.02 Å². The molecule has 1 N–H and O–H groups in total. The van der Waals surface area contributed by atoms with Crippen LogP contribution < -0.4 is 5.32 Å². The van der Waals surface area contributed by atoms with Gasteiger partial charge in [0.2, 0.25) is 0 Å². The smallest absolute Gasteiger partial charge is 0.269 e. The van der Waals surface area contributed by atoms with Crippen LogP contribution in [0.25, 0.3) is 0 Å². The average Bonchev–Trinajstić information content (AvgIpc) is 2.39. The summed E-state index contributed by atoms with van der Waals surface area (Å²) in [4.78, 5) is 12.8. The highest BCUT2D eigenvalue weighted by Crippen LogP contribution is 2.21. The molecule has 1 aromatic rings. The molecule has 0 heterocycles. The van der Waals surface area contributed by atoms with Crippen LogP contribution in [0.5, 0.6) is 0 Å². The number of hydrogen-bond donors (Lipinski definition) is 1. The summed E-state index contributed by atoms with van der Waals surface area (Å²) in [5.41, 5.74) is 0.827. The van der Waals surface area contributed by atoms with Gasteiger partial charge in [-0.2, -0.15) is 0 Å². The summed E-state index contributed by atoms with van der Waals surface area (Å²) >= 11 is 6.07. The van der Waals surface area contributed by atoms with Crippen LogP contribution >= 0.6 is 11.6 Å². The molecule has 0 aromatic heterocycles. The van der Waals surface area contributed by atoms with Gasteiger partial charge in [0.15, 0.2) is 0 Å². The van der Waals surface area contributed by atoms with Crippen LogP contribution in [0.1, 0.15) is 33.3 Å². The lowest BCUT2D eigenvalue weighted by Gasteiger charge is -2.30. The molecule has 21 heavy (non-hydrogen) atoms. The second-order valence-corrected chi connectivity index (χ2v) is 6.04. The number of benzene rings is 1. The van der Waals surface area contributed by atoms with Gasteiger partial charge in [0.05, 0.1) is 4.92 Å². The first-order valence-corrected chi connectivity index (χ1v) is 7.60. The van der Waals surface area contributed by atoms with E-state index >= 15 is 0 Å². The number of nitrogens with zero attached hydrogens (tertiary/aromatic N) is 2. The van der Waals surface area contributed by atoms with E-state index in [4.69, 9.17) is 11.6 Å². The maximum Gasteiger partial charge on any atom is 0.269 e. The molecule has 0 saturated heterocycles. The first-order chi connectivity index (χ1) is 9.82. The number of nitro benzene ring substituents is 1. The summed E-state index contributed by atoms with van der Waals surface area (Å²) < 4.78 is 0. The van der Waals surface area contributed by atoms with Crippen LogP contribution in [0.15, 0.2) is 18.2 Å². The lowest BCUT2D eigenvalue weighted by atomic mass is 10.2. The topological polar surface area (TPSA) is 58.4 Å². The largest absolute Gasteiger partial charge is 0.311 e. The fourth-order valence-corrected chi connectivity index (χ4v) is 2.54. The molecule has 1 aromatic carbocycles. The maximum absolute atomic E-state index is 10.8. The Morgan fingerprint density at radius 3 is 2.43 bits per heavy atom. The Kier molecular flexibility index (Phi) is 7.08. The Hall–Kier alpha value is -1.17. The van der Waals surface area contributed by atoms with Gasteiger partial charge in [0, 0.05) is 48.9 Å². The van der Waals surface area contributed by atoms with Gasteiger partial charge in [0.1, 0.15) is 0 Å². The van der Waals surface area contributed by atoms with E-state index in [2.05, 4.69) is 37.9 Å². The van der Waals surface area contributed by atoms with Crippen molar-refractivity contribution < 1.29 is 4.92 Å². The number of nitrogens with one attached hydrogen (secondary N) is 1. The highest BCUT2D eigenvalue weighted by molar-refractivity contribution is 6.31. The fourth-order valence-electron chi connectivity index (χ4n) is 2.35. The van der Waals surface area contributed by atoms with Gasteiger partial charge in [-0.05, 0) is 39.3 Å². The average molecular weight is 314 g/mol. The number of non-ortho nitro benzene ring substituents is 1. The number of hydrogen-bond acceptors (Lipinski definition) is 4.